The first-order valence-electron chi connectivity index (χ1n) is 9.11. The zero-order chi connectivity index (χ0) is 19.8. The van der Waals surface area contributed by atoms with Crippen molar-refractivity contribution in [2.24, 2.45) is 0 Å². The highest BCUT2D eigenvalue weighted by atomic mass is 16.4. The molecular weight excluding hydrogens is 362 g/mol. The first-order chi connectivity index (χ1) is 13.5. The maximum absolute atomic E-state index is 12.6. The molecule has 3 N–H and O–H groups in total. The number of rotatable bonds is 5. The van der Waals surface area contributed by atoms with Crippen LogP contribution in [-0.2, 0) is 16.0 Å². The normalized spacial score (nSPS) is 16.7. The molecular formula is C20H19N3O5. The van der Waals surface area contributed by atoms with Gasteiger partial charge in [-0.1, -0.05) is 18.2 Å². The van der Waals surface area contributed by atoms with E-state index in [2.05, 4.69) is 9.97 Å². The second-order valence-electron chi connectivity index (χ2n) is 6.94. The number of hydrogen-bond donors (Lipinski definition) is 3. The van der Waals surface area contributed by atoms with Gasteiger partial charge >= 0.3 is 11.9 Å². The number of fused-ring (bicyclic) bond motifs is 3. The molecule has 1 amide bonds. The molecule has 8 nitrogen and oxygen atoms in total. The fourth-order valence-electron chi connectivity index (χ4n) is 3.89. The van der Waals surface area contributed by atoms with Crippen LogP contribution >= 0.6 is 0 Å². The summed E-state index contributed by atoms with van der Waals surface area (Å²) >= 11 is 0. The topological polar surface area (TPSA) is 124 Å². The Labute approximate surface area is 159 Å². The van der Waals surface area contributed by atoms with Gasteiger partial charge < -0.3 is 20.1 Å². The molecule has 4 rings (SSSR count). The highest BCUT2D eigenvalue weighted by Gasteiger charge is 2.33. The Morgan fingerprint density at radius 1 is 1.18 bits per heavy atom. The van der Waals surface area contributed by atoms with Crippen LogP contribution in [0.4, 0.5) is 0 Å². The molecule has 1 aromatic carbocycles. The Balaban J connectivity index is 1.67. The van der Waals surface area contributed by atoms with Crippen molar-refractivity contribution in [1.29, 1.82) is 0 Å². The molecule has 2 aromatic heterocycles. The second kappa shape index (κ2) is 6.95. The molecule has 1 aliphatic rings. The van der Waals surface area contributed by atoms with E-state index in [0.717, 1.165) is 16.3 Å². The average Bonchev–Trinajstić information content (AvgIpc) is 3.30. The monoisotopic (exact) mass is 381 g/mol. The number of amides is 1. The molecule has 0 aliphatic carbocycles. The Hall–Kier alpha value is -3.42. The van der Waals surface area contributed by atoms with E-state index in [1.807, 2.05) is 24.3 Å². The summed E-state index contributed by atoms with van der Waals surface area (Å²) < 4.78 is 0. The summed E-state index contributed by atoms with van der Waals surface area (Å²) in [6, 6.07) is 8.30. The number of carboxylic acid groups (broad SMARTS) is 2. The minimum atomic E-state index is -1.13. The van der Waals surface area contributed by atoms with E-state index in [0.29, 0.717) is 30.6 Å². The highest BCUT2D eigenvalue weighted by molar-refractivity contribution is 6.09. The van der Waals surface area contributed by atoms with Crippen molar-refractivity contribution >= 4 is 39.7 Å². The van der Waals surface area contributed by atoms with Crippen LogP contribution in [0.25, 0.3) is 21.8 Å². The van der Waals surface area contributed by atoms with Gasteiger partial charge in [0.2, 0.25) is 5.91 Å². The Kier molecular flexibility index (Phi) is 4.46. The van der Waals surface area contributed by atoms with Crippen LogP contribution in [0.3, 0.4) is 0 Å². The second-order valence-corrected chi connectivity index (χ2v) is 6.94. The minimum absolute atomic E-state index is 0.0737. The van der Waals surface area contributed by atoms with E-state index in [-0.39, 0.29) is 24.4 Å². The SMILES string of the molecule is O=C(O)c1cc2c([nH]c3ccccc32)c(CCC(=O)N2CCCC2C(=O)O)n1. The van der Waals surface area contributed by atoms with Crippen molar-refractivity contribution in [2.45, 2.75) is 31.7 Å². The number of likely N-dealkylation sites (tertiary alicyclic amines) is 1. The molecule has 28 heavy (non-hydrogen) atoms. The lowest BCUT2D eigenvalue weighted by Gasteiger charge is -2.21. The van der Waals surface area contributed by atoms with Crippen LogP contribution in [0.15, 0.2) is 30.3 Å². The number of para-hydroxylation sites is 1. The maximum atomic E-state index is 12.6. The average molecular weight is 381 g/mol. The molecule has 1 fully saturated rings. The van der Waals surface area contributed by atoms with E-state index < -0.39 is 18.0 Å². The number of aromatic carboxylic acids is 1. The first kappa shape index (κ1) is 18.0. The van der Waals surface area contributed by atoms with E-state index >= 15 is 0 Å². The molecule has 3 heterocycles. The summed E-state index contributed by atoms with van der Waals surface area (Å²) in [5, 5.41) is 20.3. The number of carbonyl (C=O) groups excluding carboxylic acids is 1. The van der Waals surface area contributed by atoms with Crippen molar-refractivity contribution in [3.63, 3.8) is 0 Å². The van der Waals surface area contributed by atoms with Gasteiger partial charge in [0.05, 0.1) is 11.2 Å². The van der Waals surface area contributed by atoms with Crippen LogP contribution in [-0.4, -0.2) is 55.5 Å². The summed E-state index contributed by atoms with van der Waals surface area (Å²) in [5.74, 6) is -2.38. The Morgan fingerprint density at radius 3 is 2.71 bits per heavy atom. The third kappa shape index (κ3) is 3.06. The molecule has 1 atom stereocenters. The summed E-state index contributed by atoms with van der Waals surface area (Å²) in [7, 11) is 0. The van der Waals surface area contributed by atoms with E-state index in [4.69, 9.17) is 0 Å². The fourth-order valence-corrected chi connectivity index (χ4v) is 3.89. The number of carboxylic acids is 2. The molecule has 1 saturated heterocycles. The van der Waals surface area contributed by atoms with Crippen LogP contribution in [0, 0.1) is 0 Å². The third-order valence-electron chi connectivity index (χ3n) is 5.22. The van der Waals surface area contributed by atoms with E-state index in [1.165, 1.54) is 11.0 Å². The van der Waals surface area contributed by atoms with Gasteiger partial charge in [-0.2, -0.15) is 0 Å². The summed E-state index contributed by atoms with van der Waals surface area (Å²) in [6.45, 7) is 0.431. The van der Waals surface area contributed by atoms with Gasteiger partial charge in [-0.15, -0.1) is 0 Å². The summed E-state index contributed by atoms with van der Waals surface area (Å²) in [4.78, 5) is 44.3. The van der Waals surface area contributed by atoms with Crippen molar-refractivity contribution in [3.05, 3.63) is 41.7 Å². The van der Waals surface area contributed by atoms with E-state index in [9.17, 15) is 24.6 Å². The molecule has 3 aromatic rings. The van der Waals surface area contributed by atoms with Gasteiger partial charge in [0.1, 0.15) is 11.7 Å². The molecule has 8 heteroatoms. The van der Waals surface area contributed by atoms with Crippen LogP contribution < -0.4 is 0 Å². The summed E-state index contributed by atoms with van der Waals surface area (Å²) in [6.07, 6.45) is 1.43. The quantitative estimate of drug-likeness (QED) is 0.624. The number of aryl methyl sites for hydroxylation is 1. The van der Waals surface area contributed by atoms with Crippen molar-refractivity contribution in [3.8, 4) is 0 Å². The van der Waals surface area contributed by atoms with Gasteiger partial charge in [-0.05, 0) is 25.0 Å². The van der Waals surface area contributed by atoms with Crippen molar-refractivity contribution < 1.29 is 24.6 Å². The number of aromatic nitrogens is 2. The first-order valence-corrected chi connectivity index (χ1v) is 9.11. The lowest BCUT2D eigenvalue weighted by molar-refractivity contribution is -0.148. The van der Waals surface area contributed by atoms with Gasteiger partial charge in [0.15, 0.2) is 0 Å². The lowest BCUT2D eigenvalue weighted by Crippen LogP contribution is -2.40. The van der Waals surface area contributed by atoms with Crippen LogP contribution in [0.5, 0.6) is 0 Å². The van der Waals surface area contributed by atoms with Crippen molar-refractivity contribution in [2.75, 3.05) is 6.54 Å². The zero-order valence-electron chi connectivity index (χ0n) is 15.0. The predicted octanol–water partition coefficient (Wildman–Crippen LogP) is 2.42. The number of carbonyl (C=O) groups is 3. The van der Waals surface area contributed by atoms with Gasteiger partial charge in [-0.25, -0.2) is 14.6 Å². The molecule has 1 unspecified atom stereocenters. The molecule has 144 valence electrons. The fraction of sp³-hybridized carbons (Fsp3) is 0.300. The summed E-state index contributed by atoms with van der Waals surface area (Å²) in [5.41, 5.74) is 1.98. The van der Waals surface area contributed by atoms with Gasteiger partial charge in [0.25, 0.3) is 0 Å². The molecule has 0 saturated carbocycles. The molecule has 0 radical (unpaired) electrons. The predicted molar refractivity (Wildman–Crippen MR) is 101 cm³/mol. The molecule has 0 bridgehead atoms. The molecule has 1 aliphatic heterocycles. The van der Waals surface area contributed by atoms with Crippen LogP contribution in [0.2, 0.25) is 0 Å². The van der Waals surface area contributed by atoms with Gasteiger partial charge in [0, 0.05) is 35.7 Å². The smallest absolute Gasteiger partial charge is 0.354 e. The van der Waals surface area contributed by atoms with Crippen LogP contribution in [0.1, 0.15) is 35.4 Å². The Morgan fingerprint density at radius 2 is 1.96 bits per heavy atom. The number of pyridine rings is 1. The largest absolute Gasteiger partial charge is 0.480 e. The van der Waals surface area contributed by atoms with Crippen molar-refractivity contribution in [1.82, 2.24) is 14.9 Å². The maximum Gasteiger partial charge on any atom is 0.354 e. The Bertz CT molecular complexity index is 1100. The number of nitrogens with one attached hydrogen (secondary N) is 1. The van der Waals surface area contributed by atoms with E-state index in [1.54, 1.807) is 0 Å². The highest BCUT2D eigenvalue weighted by Crippen LogP contribution is 2.28. The minimum Gasteiger partial charge on any atom is -0.480 e. The number of hydrogen-bond acceptors (Lipinski definition) is 4. The number of aromatic amines is 1. The third-order valence-corrected chi connectivity index (χ3v) is 5.22. The number of aliphatic carboxylic acids is 1. The molecule has 0 spiro atoms. The lowest BCUT2D eigenvalue weighted by atomic mass is 10.1. The number of nitrogens with zero attached hydrogens (tertiary/aromatic N) is 2. The standard InChI is InChI=1S/C20H19N3O5/c24-17(23-9-3-6-16(23)20(27)28)8-7-14-18-12(10-15(21-14)19(25)26)11-4-1-2-5-13(11)22-18/h1-2,4-5,10,16,22H,3,6-9H2,(H,25,26)(H,27,28). The number of H-pyrrole nitrogens is 1. The number of benzene rings is 1. The zero-order valence-corrected chi connectivity index (χ0v) is 15.0. The van der Waals surface area contributed by atoms with Gasteiger partial charge in [-0.3, -0.25) is 4.79 Å².